The van der Waals surface area contributed by atoms with Crippen LogP contribution in [0.3, 0.4) is 0 Å². The van der Waals surface area contributed by atoms with Crippen LogP contribution in [0.5, 0.6) is 0 Å². The molecule has 0 rings (SSSR count). The molecule has 0 heterocycles. The van der Waals surface area contributed by atoms with Gasteiger partial charge in [-0.25, -0.2) is 5.48 Å². The summed E-state index contributed by atoms with van der Waals surface area (Å²) in [5.74, 6) is -0.302. The van der Waals surface area contributed by atoms with Crippen LogP contribution in [0.2, 0.25) is 16.6 Å². The van der Waals surface area contributed by atoms with Gasteiger partial charge in [-0.05, 0) is 16.6 Å². The van der Waals surface area contributed by atoms with E-state index in [1.54, 1.807) is 0 Å². The molecule has 0 aromatic heterocycles. The van der Waals surface area contributed by atoms with Gasteiger partial charge >= 0.3 is 5.97 Å². The van der Waals surface area contributed by atoms with Gasteiger partial charge in [-0.3, -0.25) is 4.79 Å². The maximum Gasteiger partial charge on any atom is 0.321 e. The number of hydrogen-bond donors (Lipinski definition) is 1. The molecule has 1 N–H and O–H groups in total. The van der Waals surface area contributed by atoms with Crippen molar-refractivity contribution in [2.45, 2.75) is 58.2 Å². The number of ether oxygens (including phenoxy) is 1. The lowest BCUT2D eigenvalue weighted by Gasteiger charge is -2.41. The predicted molar refractivity (Wildman–Crippen MR) is 72.2 cm³/mol. The number of methoxy groups -OCH3 is 1. The van der Waals surface area contributed by atoms with E-state index < -0.39 is 8.32 Å². The van der Waals surface area contributed by atoms with Crippen molar-refractivity contribution in [1.29, 1.82) is 0 Å². The van der Waals surface area contributed by atoms with E-state index in [2.05, 4.69) is 51.8 Å². The highest BCUT2D eigenvalue weighted by atomic mass is 28.4. The van der Waals surface area contributed by atoms with Crippen LogP contribution in [0.1, 0.15) is 41.5 Å². The molecule has 0 saturated heterocycles. The van der Waals surface area contributed by atoms with Crippen molar-refractivity contribution in [2.75, 3.05) is 13.7 Å². The third-order valence-electron chi connectivity index (χ3n) is 3.40. The summed E-state index contributed by atoms with van der Waals surface area (Å²) < 4.78 is 10.6. The molecule has 0 amide bonds. The lowest BCUT2D eigenvalue weighted by atomic mass is 10.5. The Bertz CT molecular complexity index is 220. The minimum Gasteiger partial charge on any atom is -0.468 e. The molecule has 0 aliphatic heterocycles. The molecule has 0 aromatic carbocycles. The zero-order chi connectivity index (χ0) is 13.6. The van der Waals surface area contributed by atoms with E-state index in [4.69, 9.17) is 4.53 Å². The number of hydrogen-bond acceptors (Lipinski definition) is 4. The molecule has 17 heavy (non-hydrogen) atoms. The molecule has 0 aliphatic rings. The first-order valence-electron chi connectivity index (χ1n) is 6.26. The molecular formula is C12H27NO3Si. The quantitative estimate of drug-likeness (QED) is 0.435. The summed E-state index contributed by atoms with van der Waals surface area (Å²) in [6, 6.07) is 0. The lowest BCUT2D eigenvalue weighted by Crippen LogP contribution is -2.51. The molecule has 0 spiro atoms. The fourth-order valence-corrected chi connectivity index (χ4v) is 7.68. The standard InChI is InChI=1S/C12H27NO3Si/c1-9(2)17(10(3)4,11(5)6)16-13-8-12(14)15-7/h9-11,13H,8H2,1-7H3. The number of carbonyl (C=O) groups excluding carboxylic acids is 1. The summed E-state index contributed by atoms with van der Waals surface area (Å²) in [6.07, 6.45) is 0. The summed E-state index contributed by atoms with van der Waals surface area (Å²) in [4.78, 5) is 11.1. The normalized spacial score (nSPS) is 12.6. The Morgan fingerprint density at radius 3 is 1.76 bits per heavy atom. The SMILES string of the molecule is COC(=O)CNO[Si](C(C)C)(C(C)C)C(C)C. The fourth-order valence-electron chi connectivity index (χ4n) is 2.65. The second-order valence-corrected chi connectivity index (χ2v) is 10.7. The van der Waals surface area contributed by atoms with Gasteiger partial charge in [0.15, 0.2) is 0 Å². The maximum absolute atomic E-state index is 11.1. The first-order valence-corrected chi connectivity index (χ1v) is 8.40. The number of nitrogens with one attached hydrogen (secondary N) is 1. The molecule has 0 atom stereocenters. The average molecular weight is 261 g/mol. The summed E-state index contributed by atoms with van der Waals surface area (Å²) in [6.45, 7) is 13.3. The molecular weight excluding hydrogens is 234 g/mol. The highest BCUT2D eigenvalue weighted by Gasteiger charge is 2.46. The predicted octanol–water partition coefficient (Wildman–Crippen LogP) is 2.86. The van der Waals surface area contributed by atoms with Gasteiger partial charge in [0, 0.05) is 0 Å². The van der Waals surface area contributed by atoms with Gasteiger partial charge in [-0.1, -0.05) is 41.5 Å². The Morgan fingerprint density at radius 2 is 1.47 bits per heavy atom. The van der Waals surface area contributed by atoms with Crippen molar-refractivity contribution >= 4 is 14.3 Å². The molecule has 102 valence electrons. The van der Waals surface area contributed by atoms with Crippen molar-refractivity contribution in [2.24, 2.45) is 0 Å². The number of esters is 1. The Kier molecular flexibility index (Phi) is 6.97. The van der Waals surface area contributed by atoms with Crippen molar-refractivity contribution in [3.63, 3.8) is 0 Å². The van der Waals surface area contributed by atoms with Crippen LogP contribution in [-0.2, 0) is 14.1 Å². The van der Waals surface area contributed by atoms with Crippen LogP contribution >= 0.6 is 0 Å². The number of carbonyl (C=O) groups is 1. The van der Waals surface area contributed by atoms with Crippen molar-refractivity contribution in [3.8, 4) is 0 Å². The Morgan fingerprint density at radius 1 is 1.06 bits per heavy atom. The van der Waals surface area contributed by atoms with Crippen LogP contribution in [-0.4, -0.2) is 27.9 Å². The lowest BCUT2D eigenvalue weighted by molar-refractivity contribution is -0.141. The smallest absolute Gasteiger partial charge is 0.321 e. The van der Waals surface area contributed by atoms with E-state index in [-0.39, 0.29) is 12.5 Å². The molecule has 0 bridgehead atoms. The average Bonchev–Trinajstić information content (AvgIpc) is 2.22. The summed E-state index contributed by atoms with van der Waals surface area (Å²) in [5.41, 5.74) is 4.29. The number of rotatable bonds is 7. The van der Waals surface area contributed by atoms with E-state index in [1.165, 1.54) is 7.11 Å². The molecule has 0 radical (unpaired) electrons. The minimum atomic E-state index is -1.93. The third kappa shape index (κ3) is 4.08. The second kappa shape index (κ2) is 7.13. The molecule has 4 nitrogen and oxygen atoms in total. The highest BCUT2D eigenvalue weighted by Crippen LogP contribution is 2.41. The van der Waals surface area contributed by atoms with Crippen LogP contribution in [0.4, 0.5) is 0 Å². The van der Waals surface area contributed by atoms with Gasteiger partial charge in [0.1, 0.15) is 6.54 Å². The Balaban J connectivity index is 4.65. The van der Waals surface area contributed by atoms with Crippen LogP contribution in [0.25, 0.3) is 0 Å². The monoisotopic (exact) mass is 261 g/mol. The van der Waals surface area contributed by atoms with Gasteiger partial charge in [-0.2, -0.15) is 0 Å². The zero-order valence-electron chi connectivity index (χ0n) is 12.2. The van der Waals surface area contributed by atoms with Gasteiger partial charge in [0.05, 0.1) is 7.11 Å². The van der Waals surface area contributed by atoms with E-state index in [0.29, 0.717) is 16.6 Å². The second-order valence-electron chi connectivity index (χ2n) is 5.32. The van der Waals surface area contributed by atoms with Crippen LogP contribution < -0.4 is 5.48 Å². The molecule has 0 saturated carbocycles. The first-order chi connectivity index (χ1) is 7.78. The minimum absolute atomic E-state index is 0.109. The van der Waals surface area contributed by atoms with Gasteiger partial charge in [0.2, 0.25) is 8.32 Å². The molecule has 0 aromatic rings. The summed E-state index contributed by atoms with van der Waals surface area (Å²) >= 11 is 0. The Hall–Kier alpha value is -0.393. The first kappa shape index (κ1) is 16.6. The van der Waals surface area contributed by atoms with E-state index in [0.717, 1.165) is 0 Å². The largest absolute Gasteiger partial charge is 0.468 e. The van der Waals surface area contributed by atoms with E-state index in [9.17, 15) is 4.79 Å². The van der Waals surface area contributed by atoms with Crippen LogP contribution in [0, 0.1) is 0 Å². The topological polar surface area (TPSA) is 47.6 Å². The highest BCUT2D eigenvalue weighted by molar-refractivity contribution is 6.77. The van der Waals surface area contributed by atoms with E-state index in [1.807, 2.05) is 0 Å². The zero-order valence-corrected chi connectivity index (χ0v) is 13.2. The van der Waals surface area contributed by atoms with Gasteiger partial charge < -0.3 is 9.26 Å². The van der Waals surface area contributed by atoms with Gasteiger partial charge in [-0.15, -0.1) is 0 Å². The van der Waals surface area contributed by atoms with E-state index >= 15 is 0 Å². The Labute approximate surface area is 106 Å². The molecule has 0 aliphatic carbocycles. The van der Waals surface area contributed by atoms with Crippen LogP contribution in [0.15, 0.2) is 0 Å². The fraction of sp³-hybridized carbons (Fsp3) is 0.917. The summed E-state index contributed by atoms with van der Waals surface area (Å²) in [7, 11) is -0.549. The summed E-state index contributed by atoms with van der Waals surface area (Å²) in [5, 5.41) is 0. The third-order valence-corrected chi connectivity index (χ3v) is 9.31. The van der Waals surface area contributed by atoms with Gasteiger partial charge in [0.25, 0.3) is 0 Å². The van der Waals surface area contributed by atoms with Crippen molar-refractivity contribution < 1.29 is 14.1 Å². The van der Waals surface area contributed by atoms with Crippen molar-refractivity contribution in [3.05, 3.63) is 0 Å². The number of hydroxylamine groups is 1. The maximum atomic E-state index is 11.1. The van der Waals surface area contributed by atoms with Crippen molar-refractivity contribution in [1.82, 2.24) is 5.48 Å². The molecule has 0 fully saturated rings. The molecule has 0 unspecified atom stereocenters. The molecule has 5 heteroatoms.